The van der Waals surface area contributed by atoms with Crippen molar-refractivity contribution >= 4 is 0 Å². The molecule has 2 unspecified atom stereocenters. The quantitative estimate of drug-likeness (QED) is 0.832. The van der Waals surface area contributed by atoms with E-state index in [0.717, 1.165) is 13.1 Å². The van der Waals surface area contributed by atoms with Gasteiger partial charge in [-0.2, -0.15) is 0 Å². The molecule has 1 fully saturated rings. The summed E-state index contributed by atoms with van der Waals surface area (Å²) in [4.78, 5) is 4.86. The lowest BCUT2D eigenvalue weighted by atomic mass is 10.0. The van der Waals surface area contributed by atoms with Crippen LogP contribution in [-0.4, -0.2) is 56.7 Å². The van der Waals surface area contributed by atoms with Crippen LogP contribution >= 0.6 is 0 Å². The van der Waals surface area contributed by atoms with Gasteiger partial charge in [0.1, 0.15) is 0 Å². The van der Waals surface area contributed by atoms with E-state index in [9.17, 15) is 0 Å². The van der Waals surface area contributed by atoms with E-state index in [2.05, 4.69) is 48.2 Å². The van der Waals surface area contributed by atoms with Gasteiger partial charge in [-0.15, -0.1) is 0 Å². The topological polar surface area (TPSA) is 41.7 Å². The first-order valence-electron chi connectivity index (χ1n) is 7.84. The Kier molecular flexibility index (Phi) is 6.18. The SMILES string of the molecule is COCc1cccc(C(CN)N2CCCC2CN(C)C)c1. The van der Waals surface area contributed by atoms with Crippen LogP contribution in [0.4, 0.5) is 0 Å². The fourth-order valence-electron chi connectivity index (χ4n) is 3.41. The van der Waals surface area contributed by atoms with Gasteiger partial charge in [0.15, 0.2) is 0 Å². The minimum atomic E-state index is 0.314. The van der Waals surface area contributed by atoms with Crippen molar-refractivity contribution in [2.45, 2.75) is 31.5 Å². The Labute approximate surface area is 128 Å². The molecule has 0 aromatic heterocycles. The molecule has 0 bridgehead atoms. The van der Waals surface area contributed by atoms with E-state index >= 15 is 0 Å². The Balaban J connectivity index is 2.16. The number of rotatable bonds is 7. The standard InChI is InChI=1S/C17H29N3O/c1-19(2)12-16-8-5-9-20(16)17(11-18)15-7-4-6-14(10-15)13-21-3/h4,6-7,10,16-17H,5,8-9,11-13,18H2,1-3H3. The number of likely N-dealkylation sites (tertiary alicyclic amines) is 1. The van der Waals surface area contributed by atoms with E-state index in [1.54, 1.807) is 7.11 Å². The summed E-state index contributed by atoms with van der Waals surface area (Å²) in [7, 11) is 6.03. The Morgan fingerprint density at radius 1 is 1.43 bits per heavy atom. The van der Waals surface area contributed by atoms with Gasteiger partial charge in [-0.05, 0) is 44.6 Å². The zero-order valence-corrected chi connectivity index (χ0v) is 13.6. The molecular formula is C17H29N3O. The summed E-state index contributed by atoms with van der Waals surface area (Å²) in [5.74, 6) is 0. The van der Waals surface area contributed by atoms with E-state index in [1.807, 2.05) is 0 Å². The number of hydrogen-bond donors (Lipinski definition) is 1. The monoisotopic (exact) mass is 291 g/mol. The Bertz CT molecular complexity index is 436. The first kappa shape index (κ1) is 16.4. The summed E-state index contributed by atoms with van der Waals surface area (Å²) in [6.45, 7) is 3.58. The second-order valence-corrected chi connectivity index (χ2v) is 6.23. The highest BCUT2D eigenvalue weighted by Crippen LogP contribution is 2.29. The predicted octanol–water partition coefficient (Wildman–Crippen LogP) is 1.86. The number of likely N-dealkylation sites (N-methyl/N-ethyl adjacent to an activating group) is 1. The lowest BCUT2D eigenvalue weighted by molar-refractivity contribution is 0.155. The second kappa shape index (κ2) is 7.90. The maximum absolute atomic E-state index is 6.12. The molecule has 1 heterocycles. The zero-order valence-electron chi connectivity index (χ0n) is 13.6. The highest BCUT2D eigenvalue weighted by atomic mass is 16.5. The number of ether oxygens (including phenoxy) is 1. The van der Waals surface area contributed by atoms with Gasteiger partial charge in [-0.1, -0.05) is 24.3 Å². The van der Waals surface area contributed by atoms with E-state index in [-0.39, 0.29) is 0 Å². The average Bonchev–Trinajstić information content (AvgIpc) is 2.88. The first-order chi connectivity index (χ1) is 10.2. The van der Waals surface area contributed by atoms with Gasteiger partial charge in [0.05, 0.1) is 6.61 Å². The number of benzene rings is 1. The van der Waals surface area contributed by atoms with Crippen molar-refractivity contribution in [2.24, 2.45) is 5.73 Å². The molecule has 2 N–H and O–H groups in total. The Hall–Kier alpha value is -0.940. The molecule has 4 nitrogen and oxygen atoms in total. The van der Waals surface area contributed by atoms with Crippen LogP contribution in [0.15, 0.2) is 24.3 Å². The third-order valence-electron chi connectivity index (χ3n) is 4.27. The molecule has 1 saturated heterocycles. The van der Waals surface area contributed by atoms with Crippen molar-refractivity contribution in [3.05, 3.63) is 35.4 Å². The van der Waals surface area contributed by atoms with Crippen LogP contribution in [0, 0.1) is 0 Å². The largest absolute Gasteiger partial charge is 0.380 e. The smallest absolute Gasteiger partial charge is 0.0713 e. The molecule has 118 valence electrons. The summed E-state index contributed by atoms with van der Waals surface area (Å²) in [6.07, 6.45) is 2.54. The highest BCUT2D eigenvalue weighted by Gasteiger charge is 2.31. The summed E-state index contributed by atoms with van der Waals surface area (Å²) in [5.41, 5.74) is 8.65. The van der Waals surface area contributed by atoms with E-state index in [4.69, 9.17) is 10.5 Å². The summed E-state index contributed by atoms with van der Waals surface area (Å²) in [6, 6.07) is 9.59. The first-order valence-corrected chi connectivity index (χ1v) is 7.84. The molecule has 0 radical (unpaired) electrons. The molecule has 0 amide bonds. The van der Waals surface area contributed by atoms with Crippen molar-refractivity contribution in [2.75, 3.05) is 40.8 Å². The third-order valence-corrected chi connectivity index (χ3v) is 4.27. The summed E-state index contributed by atoms with van der Waals surface area (Å²) < 4.78 is 5.24. The van der Waals surface area contributed by atoms with Gasteiger partial charge < -0.3 is 15.4 Å². The lowest BCUT2D eigenvalue weighted by Gasteiger charge is -2.34. The minimum absolute atomic E-state index is 0.314. The average molecular weight is 291 g/mol. The molecule has 4 heteroatoms. The zero-order chi connectivity index (χ0) is 15.2. The van der Waals surface area contributed by atoms with Crippen LogP contribution in [0.5, 0.6) is 0 Å². The summed E-state index contributed by atoms with van der Waals surface area (Å²) in [5, 5.41) is 0. The van der Waals surface area contributed by atoms with Crippen LogP contribution in [-0.2, 0) is 11.3 Å². The maximum atomic E-state index is 6.12. The third kappa shape index (κ3) is 4.27. The molecule has 0 aliphatic carbocycles. The highest BCUT2D eigenvalue weighted by molar-refractivity contribution is 5.26. The van der Waals surface area contributed by atoms with Crippen LogP contribution < -0.4 is 5.73 Å². The Morgan fingerprint density at radius 2 is 2.24 bits per heavy atom. The molecular weight excluding hydrogens is 262 g/mol. The van der Waals surface area contributed by atoms with Crippen molar-refractivity contribution in [3.63, 3.8) is 0 Å². The molecule has 1 aromatic rings. The van der Waals surface area contributed by atoms with E-state index in [1.165, 1.54) is 24.0 Å². The van der Waals surface area contributed by atoms with Crippen LogP contribution in [0.1, 0.15) is 30.0 Å². The van der Waals surface area contributed by atoms with Gasteiger partial charge in [0.25, 0.3) is 0 Å². The van der Waals surface area contributed by atoms with Gasteiger partial charge in [-0.3, -0.25) is 4.90 Å². The number of nitrogens with zero attached hydrogens (tertiary/aromatic N) is 2. The fraction of sp³-hybridized carbons (Fsp3) is 0.647. The van der Waals surface area contributed by atoms with Crippen LogP contribution in [0.25, 0.3) is 0 Å². The van der Waals surface area contributed by atoms with Crippen molar-refractivity contribution < 1.29 is 4.74 Å². The van der Waals surface area contributed by atoms with E-state index < -0.39 is 0 Å². The number of methoxy groups -OCH3 is 1. The maximum Gasteiger partial charge on any atom is 0.0713 e. The normalized spacial score (nSPS) is 21.1. The molecule has 1 aliphatic heterocycles. The molecule has 1 aromatic carbocycles. The predicted molar refractivity (Wildman–Crippen MR) is 87.2 cm³/mol. The van der Waals surface area contributed by atoms with Crippen LogP contribution in [0.2, 0.25) is 0 Å². The summed E-state index contributed by atoms with van der Waals surface area (Å²) >= 11 is 0. The molecule has 0 spiro atoms. The Morgan fingerprint density at radius 3 is 2.90 bits per heavy atom. The van der Waals surface area contributed by atoms with Crippen molar-refractivity contribution in [1.82, 2.24) is 9.80 Å². The van der Waals surface area contributed by atoms with Crippen LogP contribution in [0.3, 0.4) is 0 Å². The molecule has 2 atom stereocenters. The van der Waals surface area contributed by atoms with Gasteiger partial charge in [-0.25, -0.2) is 0 Å². The number of hydrogen-bond acceptors (Lipinski definition) is 4. The second-order valence-electron chi connectivity index (χ2n) is 6.23. The molecule has 2 rings (SSSR count). The van der Waals surface area contributed by atoms with Crippen molar-refractivity contribution in [3.8, 4) is 0 Å². The van der Waals surface area contributed by atoms with Crippen molar-refractivity contribution in [1.29, 1.82) is 0 Å². The minimum Gasteiger partial charge on any atom is -0.380 e. The molecule has 0 saturated carbocycles. The van der Waals surface area contributed by atoms with Gasteiger partial charge in [0.2, 0.25) is 0 Å². The lowest BCUT2D eigenvalue weighted by Crippen LogP contribution is -2.42. The number of nitrogens with two attached hydrogens (primary N) is 1. The van der Waals surface area contributed by atoms with Gasteiger partial charge in [0, 0.05) is 32.3 Å². The fourth-order valence-corrected chi connectivity index (χ4v) is 3.41. The molecule has 1 aliphatic rings. The molecule has 21 heavy (non-hydrogen) atoms. The van der Waals surface area contributed by atoms with E-state index in [0.29, 0.717) is 25.2 Å². The van der Waals surface area contributed by atoms with Gasteiger partial charge >= 0.3 is 0 Å².